The van der Waals surface area contributed by atoms with Crippen molar-refractivity contribution in [3.05, 3.63) is 0 Å². The van der Waals surface area contributed by atoms with Crippen LogP contribution in [-0.4, -0.2) is 68.1 Å². The largest absolute Gasteiger partial charge is 0.480 e. The summed E-state index contributed by atoms with van der Waals surface area (Å²) in [6, 6.07) is 0.0569. The molecule has 0 aliphatic rings. The Morgan fingerprint density at radius 2 is 1.78 bits per heavy atom. The molecule has 0 heterocycles. The van der Waals surface area contributed by atoms with Crippen LogP contribution < -0.4 is 5.73 Å². The number of nitrogens with two attached hydrogens (primary N) is 1. The van der Waals surface area contributed by atoms with Gasteiger partial charge in [-0.2, -0.15) is 0 Å². The molecule has 2 atom stereocenters. The van der Waals surface area contributed by atoms with Gasteiger partial charge in [0, 0.05) is 33.4 Å². The Hall–Kier alpha value is -0.690. The molecule has 0 bridgehead atoms. The van der Waals surface area contributed by atoms with E-state index in [2.05, 4.69) is 4.90 Å². The zero-order valence-corrected chi connectivity index (χ0v) is 11.8. The molecule has 0 aromatic carbocycles. The van der Waals surface area contributed by atoms with E-state index in [9.17, 15) is 4.79 Å². The molecule has 0 fully saturated rings. The first-order valence-corrected chi connectivity index (χ1v) is 6.09. The highest BCUT2D eigenvalue weighted by molar-refractivity contribution is 5.77. The lowest BCUT2D eigenvalue weighted by atomic mass is 9.94. The Morgan fingerprint density at radius 3 is 2.11 bits per heavy atom. The lowest BCUT2D eigenvalue weighted by molar-refractivity contribution is -0.143. The molecule has 108 valence electrons. The highest BCUT2D eigenvalue weighted by atomic mass is 16.5. The Morgan fingerprint density at radius 1 is 1.33 bits per heavy atom. The van der Waals surface area contributed by atoms with Crippen molar-refractivity contribution < 1.29 is 19.4 Å². The second-order valence-corrected chi connectivity index (χ2v) is 4.80. The molecule has 0 spiro atoms. The first-order chi connectivity index (χ1) is 8.35. The molecule has 0 saturated heterocycles. The molecule has 6 nitrogen and oxygen atoms in total. The number of ether oxygens (including phenoxy) is 2. The van der Waals surface area contributed by atoms with Crippen molar-refractivity contribution in [2.45, 2.75) is 31.8 Å². The molecule has 0 aliphatic heterocycles. The summed E-state index contributed by atoms with van der Waals surface area (Å²) in [5.41, 5.74) is 4.56. The lowest BCUT2D eigenvalue weighted by Crippen LogP contribution is -2.51. The molecule has 18 heavy (non-hydrogen) atoms. The fraction of sp³-hybridized carbons (Fsp3) is 0.917. The summed E-state index contributed by atoms with van der Waals surface area (Å²) in [7, 11) is 3.28. The number of rotatable bonds is 10. The van der Waals surface area contributed by atoms with E-state index >= 15 is 0 Å². The first kappa shape index (κ1) is 17.3. The average molecular weight is 262 g/mol. The van der Waals surface area contributed by atoms with Gasteiger partial charge in [0.2, 0.25) is 0 Å². The number of hydrogen-bond acceptors (Lipinski definition) is 5. The highest BCUT2D eigenvalue weighted by Gasteiger charge is 2.31. The van der Waals surface area contributed by atoms with E-state index in [-0.39, 0.29) is 6.04 Å². The minimum absolute atomic E-state index is 0.0569. The zero-order valence-electron chi connectivity index (χ0n) is 11.8. The maximum absolute atomic E-state index is 11.0. The number of carboxylic acids is 1. The van der Waals surface area contributed by atoms with Crippen LogP contribution in [-0.2, 0) is 14.3 Å². The van der Waals surface area contributed by atoms with E-state index in [0.717, 1.165) is 13.1 Å². The van der Waals surface area contributed by atoms with Crippen LogP contribution in [0.5, 0.6) is 0 Å². The fourth-order valence-electron chi connectivity index (χ4n) is 1.80. The number of carbonyl (C=O) groups is 1. The molecule has 0 aliphatic carbocycles. The normalized spacial score (nSPS) is 16.6. The van der Waals surface area contributed by atoms with E-state index in [1.54, 1.807) is 14.2 Å². The SMILES string of the molecule is COCCN(CCOC)C(C)CC(C)(N)C(=O)O. The van der Waals surface area contributed by atoms with Crippen molar-refractivity contribution in [3.63, 3.8) is 0 Å². The minimum Gasteiger partial charge on any atom is -0.480 e. The average Bonchev–Trinajstić information content (AvgIpc) is 2.28. The summed E-state index contributed by atoms with van der Waals surface area (Å²) in [6.07, 6.45) is 0.385. The zero-order chi connectivity index (χ0) is 14.2. The van der Waals surface area contributed by atoms with E-state index in [0.29, 0.717) is 19.6 Å². The van der Waals surface area contributed by atoms with Gasteiger partial charge in [-0.25, -0.2) is 0 Å². The summed E-state index contributed by atoms with van der Waals surface area (Å²) < 4.78 is 10.1. The quantitative estimate of drug-likeness (QED) is 0.583. The third kappa shape index (κ3) is 6.30. The highest BCUT2D eigenvalue weighted by Crippen LogP contribution is 2.14. The molecule has 0 saturated carbocycles. The molecule has 0 aromatic heterocycles. The maximum atomic E-state index is 11.0. The van der Waals surface area contributed by atoms with Gasteiger partial charge in [0.1, 0.15) is 5.54 Å². The molecule has 0 radical (unpaired) electrons. The van der Waals surface area contributed by atoms with Crippen molar-refractivity contribution in [1.82, 2.24) is 4.90 Å². The van der Waals surface area contributed by atoms with Gasteiger partial charge in [0.15, 0.2) is 0 Å². The van der Waals surface area contributed by atoms with Gasteiger partial charge in [0.05, 0.1) is 13.2 Å². The van der Waals surface area contributed by atoms with Gasteiger partial charge in [-0.15, -0.1) is 0 Å². The van der Waals surface area contributed by atoms with Gasteiger partial charge in [-0.3, -0.25) is 9.69 Å². The van der Waals surface area contributed by atoms with Crippen LogP contribution in [0.3, 0.4) is 0 Å². The van der Waals surface area contributed by atoms with Gasteiger partial charge in [-0.1, -0.05) is 0 Å². The van der Waals surface area contributed by atoms with Crippen molar-refractivity contribution in [1.29, 1.82) is 0 Å². The topological polar surface area (TPSA) is 85.0 Å². The third-order valence-electron chi connectivity index (χ3n) is 3.00. The summed E-state index contributed by atoms with van der Waals surface area (Å²) in [5, 5.41) is 9.03. The third-order valence-corrected chi connectivity index (χ3v) is 3.00. The van der Waals surface area contributed by atoms with Crippen LogP contribution in [0.15, 0.2) is 0 Å². The number of carboxylic acid groups (broad SMARTS) is 1. The van der Waals surface area contributed by atoms with Crippen LogP contribution >= 0.6 is 0 Å². The molecule has 6 heteroatoms. The Labute approximate surface area is 109 Å². The van der Waals surface area contributed by atoms with Gasteiger partial charge >= 0.3 is 5.97 Å². The minimum atomic E-state index is -1.21. The van der Waals surface area contributed by atoms with Gasteiger partial charge in [-0.05, 0) is 20.3 Å². The number of nitrogens with zero attached hydrogens (tertiary/aromatic N) is 1. The Kier molecular flexibility index (Phi) is 8.10. The number of aliphatic carboxylic acids is 1. The van der Waals surface area contributed by atoms with Crippen molar-refractivity contribution in [2.75, 3.05) is 40.5 Å². The van der Waals surface area contributed by atoms with E-state index in [4.69, 9.17) is 20.3 Å². The predicted molar refractivity (Wildman–Crippen MR) is 69.6 cm³/mol. The first-order valence-electron chi connectivity index (χ1n) is 6.09. The summed E-state index contributed by atoms with van der Waals surface area (Å²) in [5.74, 6) is -0.979. The van der Waals surface area contributed by atoms with Crippen molar-refractivity contribution >= 4 is 5.97 Å². The second-order valence-electron chi connectivity index (χ2n) is 4.80. The van der Waals surface area contributed by atoms with Crippen LogP contribution in [0.1, 0.15) is 20.3 Å². The standard InChI is InChI=1S/C12H26N2O4/c1-10(9-12(2,13)11(15)16)14(5-7-17-3)6-8-18-4/h10H,5-9,13H2,1-4H3,(H,15,16). The fourth-order valence-corrected chi connectivity index (χ4v) is 1.80. The van der Waals surface area contributed by atoms with Gasteiger partial charge in [0.25, 0.3) is 0 Å². The molecular formula is C12H26N2O4. The van der Waals surface area contributed by atoms with E-state index in [1.165, 1.54) is 6.92 Å². The molecule has 2 unspecified atom stereocenters. The van der Waals surface area contributed by atoms with Crippen LogP contribution in [0, 0.1) is 0 Å². The summed E-state index contributed by atoms with van der Waals surface area (Å²) >= 11 is 0. The second kappa shape index (κ2) is 8.42. The van der Waals surface area contributed by atoms with Gasteiger partial charge < -0.3 is 20.3 Å². The number of methoxy groups -OCH3 is 2. The van der Waals surface area contributed by atoms with E-state index < -0.39 is 11.5 Å². The molecular weight excluding hydrogens is 236 g/mol. The predicted octanol–water partition coefficient (Wildman–Crippen LogP) is 0.162. The summed E-state index contributed by atoms with van der Waals surface area (Å²) in [4.78, 5) is 13.1. The Bertz CT molecular complexity index is 238. The smallest absolute Gasteiger partial charge is 0.323 e. The van der Waals surface area contributed by atoms with Crippen LogP contribution in [0.25, 0.3) is 0 Å². The maximum Gasteiger partial charge on any atom is 0.323 e. The van der Waals surface area contributed by atoms with Crippen LogP contribution in [0.4, 0.5) is 0 Å². The molecule has 3 N–H and O–H groups in total. The van der Waals surface area contributed by atoms with Crippen molar-refractivity contribution in [2.24, 2.45) is 5.73 Å². The molecule has 0 rings (SSSR count). The monoisotopic (exact) mass is 262 g/mol. The van der Waals surface area contributed by atoms with Crippen LogP contribution in [0.2, 0.25) is 0 Å². The molecule has 0 aromatic rings. The Balaban J connectivity index is 4.43. The summed E-state index contributed by atoms with van der Waals surface area (Å²) in [6.45, 7) is 6.17. The van der Waals surface area contributed by atoms with Crippen molar-refractivity contribution in [3.8, 4) is 0 Å². The number of hydrogen-bond donors (Lipinski definition) is 2. The lowest BCUT2D eigenvalue weighted by Gasteiger charge is -2.32. The van der Waals surface area contributed by atoms with E-state index in [1.807, 2.05) is 6.92 Å². The molecule has 0 amide bonds.